The summed E-state index contributed by atoms with van der Waals surface area (Å²) in [6, 6.07) is 10.1. The van der Waals surface area contributed by atoms with E-state index in [0.717, 1.165) is 48.3 Å². The average molecular weight is 371 g/mol. The van der Waals surface area contributed by atoms with Crippen LogP contribution in [0.4, 0.5) is 0 Å². The van der Waals surface area contributed by atoms with Gasteiger partial charge in [0.15, 0.2) is 0 Å². The van der Waals surface area contributed by atoms with Crippen molar-refractivity contribution in [1.82, 2.24) is 10.3 Å². The molecule has 2 fully saturated rings. The lowest BCUT2D eigenvalue weighted by atomic mass is 9.78. The van der Waals surface area contributed by atoms with Crippen LogP contribution in [0.25, 0.3) is 10.9 Å². The second-order valence-corrected chi connectivity index (χ2v) is 6.65. The van der Waals surface area contributed by atoms with Crippen LogP contribution >= 0.6 is 24.8 Å². The number of aromatic nitrogens is 1. The summed E-state index contributed by atoms with van der Waals surface area (Å²) in [7, 11) is 0. The zero-order chi connectivity index (χ0) is 15.1. The molecule has 4 nitrogen and oxygen atoms in total. The molecule has 1 aromatic heterocycles. The molecule has 132 valence electrons. The lowest BCUT2D eigenvalue weighted by molar-refractivity contribution is -0.0225. The zero-order valence-corrected chi connectivity index (χ0v) is 15.3. The summed E-state index contributed by atoms with van der Waals surface area (Å²) in [5, 5.41) is 14.9. The number of aliphatic hydroxyl groups excluding tert-OH is 1. The fourth-order valence-corrected chi connectivity index (χ4v) is 3.86. The lowest BCUT2D eigenvalue weighted by Gasteiger charge is -2.35. The summed E-state index contributed by atoms with van der Waals surface area (Å²) >= 11 is 0. The van der Waals surface area contributed by atoms with E-state index in [-0.39, 0.29) is 37.0 Å². The van der Waals surface area contributed by atoms with E-state index in [1.165, 1.54) is 0 Å². The molecule has 2 N–H and O–H groups in total. The molecule has 2 heterocycles. The number of hydrogen-bond acceptors (Lipinski definition) is 4. The van der Waals surface area contributed by atoms with Gasteiger partial charge in [0.25, 0.3) is 0 Å². The van der Waals surface area contributed by atoms with Gasteiger partial charge in [-0.25, -0.2) is 4.98 Å². The molecular weight excluding hydrogens is 347 g/mol. The van der Waals surface area contributed by atoms with E-state index in [1.54, 1.807) is 0 Å². The Labute approximate surface area is 154 Å². The molecule has 24 heavy (non-hydrogen) atoms. The molecule has 1 aliphatic carbocycles. The van der Waals surface area contributed by atoms with Crippen LogP contribution in [0.1, 0.15) is 18.5 Å². The molecule has 1 aliphatic heterocycles. The van der Waals surface area contributed by atoms with Gasteiger partial charge < -0.3 is 15.2 Å². The van der Waals surface area contributed by atoms with Crippen LogP contribution < -0.4 is 10.1 Å². The SMILES string of the molecule is Cc1ccc2cccc(O[C@@H]3C[C@@H]4CNC[C@@H]4C[C@H]3O)c2n1.Cl.Cl. The number of aryl methyl sites for hydroxylation is 1. The molecule has 0 unspecified atom stereocenters. The van der Waals surface area contributed by atoms with Crippen molar-refractivity contribution < 1.29 is 9.84 Å². The number of benzene rings is 1. The molecule has 0 spiro atoms. The molecule has 4 rings (SSSR count). The van der Waals surface area contributed by atoms with Crippen molar-refractivity contribution in [2.75, 3.05) is 13.1 Å². The van der Waals surface area contributed by atoms with E-state index in [4.69, 9.17) is 4.74 Å². The fourth-order valence-electron chi connectivity index (χ4n) is 3.86. The van der Waals surface area contributed by atoms with Gasteiger partial charge in [-0.2, -0.15) is 0 Å². The van der Waals surface area contributed by atoms with Crippen LogP contribution in [-0.4, -0.2) is 35.4 Å². The zero-order valence-electron chi connectivity index (χ0n) is 13.6. The van der Waals surface area contributed by atoms with E-state index in [9.17, 15) is 5.11 Å². The second kappa shape index (κ2) is 7.87. The van der Waals surface area contributed by atoms with Gasteiger partial charge in [-0.1, -0.05) is 18.2 Å². The van der Waals surface area contributed by atoms with Gasteiger partial charge in [0.2, 0.25) is 0 Å². The molecule has 4 atom stereocenters. The Balaban J connectivity index is 0.00000104. The topological polar surface area (TPSA) is 54.4 Å². The van der Waals surface area contributed by atoms with Gasteiger partial charge in [0.1, 0.15) is 17.4 Å². The number of aliphatic hydroxyl groups is 1. The Morgan fingerprint density at radius 3 is 2.62 bits per heavy atom. The molecule has 0 amide bonds. The van der Waals surface area contributed by atoms with Crippen molar-refractivity contribution >= 4 is 35.7 Å². The van der Waals surface area contributed by atoms with Crippen LogP contribution in [0.3, 0.4) is 0 Å². The van der Waals surface area contributed by atoms with Crippen molar-refractivity contribution in [2.24, 2.45) is 11.8 Å². The maximum absolute atomic E-state index is 10.4. The highest BCUT2D eigenvalue weighted by Crippen LogP contribution is 2.36. The number of fused-ring (bicyclic) bond motifs is 2. The molecule has 2 aliphatic rings. The van der Waals surface area contributed by atoms with Crippen LogP contribution in [0.5, 0.6) is 5.75 Å². The first-order valence-corrected chi connectivity index (χ1v) is 8.12. The molecular formula is C18H24Cl2N2O2. The monoisotopic (exact) mass is 370 g/mol. The Kier molecular flexibility index (Phi) is 6.32. The minimum Gasteiger partial charge on any atom is -0.485 e. The molecule has 1 saturated carbocycles. The van der Waals surface area contributed by atoms with Crippen LogP contribution in [0, 0.1) is 18.8 Å². The summed E-state index contributed by atoms with van der Waals surface area (Å²) in [4.78, 5) is 4.61. The van der Waals surface area contributed by atoms with E-state index < -0.39 is 0 Å². The maximum Gasteiger partial charge on any atom is 0.146 e. The number of halogens is 2. The van der Waals surface area contributed by atoms with E-state index in [0.29, 0.717) is 11.8 Å². The average Bonchev–Trinajstić information content (AvgIpc) is 2.95. The number of rotatable bonds is 2. The standard InChI is InChI=1S/C18H22N2O2.2ClH/c1-11-5-6-12-3-2-4-16(18(12)20-11)22-17-8-14-10-19-9-13(14)7-15(17)21;;/h2-6,13-15,17,19,21H,7-10H2,1H3;2*1H/t13-,14+,15+,17+;;/m0../s1. The number of pyridine rings is 1. The third-order valence-electron chi connectivity index (χ3n) is 5.09. The van der Waals surface area contributed by atoms with Gasteiger partial charge in [0.05, 0.1) is 6.10 Å². The first kappa shape index (κ1) is 19.3. The molecule has 2 aromatic rings. The van der Waals surface area contributed by atoms with Crippen LogP contribution in [0.15, 0.2) is 30.3 Å². The first-order valence-electron chi connectivity index (χ1n) is 8.12. The maximum atomic E-state index is 10.4. The predicted octanol–water partition coefficient (Wildman–Crippen LogP) is 3.12. The van der Waals surface area contributed by atoms with Crippen molar-refractivity contribution in [3.63, 3.8) is 0 Å². The van der Waals surface area contributed by atoms with Gasteiger partial charge in [0, 0.05) is 11.1 Å². The summed E-state index contributed by atoms with van der Waals surface area (Å²) in [5.41, 5.74) is 1.87. The number of ether oxygens (including phenoxy) is 1. The minimum atomic E-state index is -0.388. The second-order valence-electron chi connectivity index (χ2n) is 6.65. The Hall–Kier alpha value is -1.07. The van der Waals surface area contributed by atoms with Gasteiger partial charge in [-0.15, -0.1) is 24.8 Å². The van der Waals surface area contributed by atoms with Crippen LogP contribution in [-0.2, 0) is 0 Å². The Morgan fingerprint density at radius 1 is 1.08 bits per heavy atom. The van der Waals surface area contributed by atoms with Gasteiger partial charge >= 0.3 is 0 Å². The predicted molar refractivity (Wildman–Crippen MR) is 100 cm³/mol. The fraction of sp³-hybridized carbons (Fsp3) is 0.500. The van der Waals surface area contributed by atoms with Crippen molar-refractivity contribution in [3.05, 3.63) is 36.0 Å². The van der Waals surface area contributed by atoms with Crippen molar-refractivity contribution in [1.29, 1.82) is 0 Å². The smallest absolute Gasteiger partial charge is 0.146 e. The number of hydrogen-bond donors (Lipinski definition) is 2. The molecule has 1 aromatic carbocycles. The normalized spacial score (nSPS) is 28.6. The van der Waals surface area contributed by atoms with E-state index >= 15 is 0 Å². The first-order chi connectivity index (χ1) is 10.7. The lowest BCUT2D eigenvalue weighted by Crippen LogP contribution is -2.42. The molecule has 0 radical (unpaired) electrons. The quantitative estimate of drug-likeness (QED) is 0.852. The minimum absolute atomic E-state index is 0. The summed E-state index contributed by atoms with van der Waals surface area (Å²) in [6.07, 6.45) is 1.23. The summed E-state index contributed by atoms with van der Waals surface area (Å²) < 4.78 is 6.20. The van der Waals surface area contributed by atoms with Gasteiger partial charge in [-0.05, 0) is 56.8 Å². The highest BCUT2D eigenvalue weighted by atomic mass is 35.5. The van der Waals surface area contributed by atoms with E-state index in [1.807, 2.05) is 31.2 Å². The third-order valence-corrected chi connectivity index (χ3v) is 5.09. The van der Waals surface area contributed by atoms with Crippen molar-refractivity contribution in [2.45, 2.75) is 32.0 Å². The largest absolute Gasteiger partial charge is 0.485 e. The van der Waals surface area contributed by atoms with Crippen molar-refractivity contribution in [3.8, 4) is 5.75 Å². The third kappa shape index (κ3) is 3.62. The van der Waals surface area contributed by atoms with Crippen LogP contribution in [0.2, 0.25) is 0 Å². The number of nitrogens with one attached hydrogen (secondary N) is 1. The highest BCUT2D eigenvalue weighted by molar-refractivity contribution is 5.86. The molecule has 6 heteroatoms. The molecule has 0 bridgehead atoms. The Morgan fingerprint density at radius 2 is 1.83 bits per heavy atom. The Bertz CT molecular complexity index is 698. The summed E-state index contributed by atoms with van der Waals surface area (Å²) in [6.45, 7) is 4.06. The van der Waals surface area contributed by atoms with E-state index in [2.05, 4.69) is 16.4 Å². The van der Waals surface area contributed by atoms with Gasteiger partial charge in [-0.3, -0.25) is 0 Å². The molecule has 1 saturated heterocycles. The summed E-state index contributed by atoms with van der Waals surface area (Å²) in [5.74, 6) is 2.01. The number of para-hydroxylation sites is 1. The highest BCUT2D eigenvalue weighted by Gasteiger charge is 2.40. The number of nitrogens with zero attached hydrogens (tertiary/aromatic N) is 1.